The third-order valence-corrected chi connectivity index (χ3v) is 8.59. The van der Waals surface area contributed by atoms with Crippen LogP contribution in [0.5, 0.6) is 5.88 Å². The molecular formula is C35H37N4O8-. The molecule has 3 aliphatic rings. The standard InChI is InChI=1S/C35H38N4O8/c1-4-46-34(44)27-24(30(40)38(32(42)26(27)21-36)22-15-9-6-10-16-22)19-13-8-14-20-25-28(35(45)47-5-2)29(37-3)33(43)39(31(25)41)23-17-11-7-12-18-23/h8,13-14,19-20,22-23,43H,4-7,9-12,15-18H2,1-2H3/p-1/b13-8+,20-14+,24-19-. The third-order valence-electron chi connectivity index (χ3n) is 8.59. The predicted molar refractivity (Wildman–Crippen MR) is 169 cm³/mol. The van der Waals surface area contributed by atoms with Crippen LogP contribution in [0.2, 0.25) is 0 Å². The number of pyridine rings is 1. The number of hydrogen-bond donors (Lipinski definition) is 0. The maximum Gasteiger partial charge on any atom is 0.340 e. The molecule has 4 rings (SSSR count). The maximum atomic E-state index is 13.7. The molecule has 47 heavy (non-hydrogen) atoms. The van der Waals surface area contributed by atoms with Gasteiger partial charge in [-0.3, -0.25) is 19.3 Å². The third kappa shape index (κ3) is 7.12. The van der Waals surface area contributed by atoms with Crippen molar-refractivity contribution in [2.75, 3.05) is 13.2 Å². The number of esters is 2. The Bertz CT molecular complexity index is 1700. The van der Waals surface area contributed by atoms with Crippen LogP contribution in [0.15, 0.2) is 45.8 Å². The average Bonchev–Trinajstić information content (AvgIpc) is 3.07. The minimum absolute atomic E-state index is 0.0395. The van der Waals surface area contributed by atoms with Crippen molar-refractivity contribution >= 4 is 35.5 Å². The van der Waals surface area contributed by atoms with Gasteiger partial charge in [-0.15, -0.1) is 0 Å². The molecule has 2 amide bonds. The van der Waals surface area contributed by atoms with Crippen molar-refractivity contribution in [1.82, 2.24) is 9.47 Å². The number of aromatic nitrogens is 1. The highest BCUT2D eigenvalue weighted by atomic mass is 16.5. The highest BCUT2D eigenvalue weighted by Gasteiger charge is 2.43. The van der Waals surface area contributed by atoms with Crippen molar-refractivity contribution in [2.24, 2.45) is 0 Å². The van der Waals surface area contributed by atoms with Crippen LogP contribution < -0.4 is 10.7 Å². The van der Waals surface area contributed by atoms with Crippen molar-refractivity contribution in [3.05, 3.63) is 73.9 Å². The molecule has 0 atom stereocenters. The quantitative estimate of drug-likeness (QED) is 0.122. The molecule has 0 radical (unpaired) electrons. The molecule has 12 heteroatoms. The molecule has 1 aromatic rings. The van der Waals surface area contributed by atoms with E-state index in [0.717, 1.165) is 48.0 Å². The lowest BCUT2D eigenvalue weighted by Gasteiger charge is -2.36. The number of ether oxygens (including phenoxy) is 2. The highest BCUT2D eigenvalue weighted by molar-refractivity contribution is 6.25. The Labute approximate surface area is 273 Å². The minimum Gasteiger partial charge on any atom is -0.869 e. The van der Waals surface area contributed by atoms with Gasteiger partial charge >= 0.3 is 11.9 Å². The van der Waals surface area contributed by atoms with Gasteiger partial charge in [0, 0.05) is 17.6 Å². The lowest BCUT2D eigenvalue weighted by molar-refractivity contribution is -0.279. The molecule has 0 N–H and O–H groups in total. The Hall–Kier alpha value is -5.23. The van der Waals surface area contributed by atoms with E-state index in [4.69, 9.17) is 16.0 Å². The van der Waals surface area contributed by atoms with Crippen molar-refractivity contribution < 1.29 is 33.8 Å². The average molecular weight is 642 g/mol. The van der Waals surface area contributed by atoms with Gasteiger partial charge in [0.25, 0.3) is 17.4 Å². The smallest absolute Gasteiger partial charge is 0.340 e. The zero-order valence-electron chi connectivity index (χ0n) is 26.6. The fourth-order valence-corrected chi connectivity index (χ4v) is 6.42. The fourth-order valence-electron chi connectivity index (χ4n) is 6.42. The molecule has 0 unspecified atom stereocenters. The Balaban J connectivity index is 1.79. The number of rotatable bonds is 9. The molecule has 2 heterocycles. The molecule has 246 valence electrons. The number of carbonyl (C=O) groups is 4. The molecule has 0 bridgehead atoms. The predicted octanol–water partition coefficient (Wildman–Crippen LogP) is 4.74. The van der Waals surface area contributed by atoms with Crippen LogP contribution in [0.4, 0.5) is 5.69 Å². The first kappa shape index (κ1) is 34.6. The molecular weight excluding hydrogens is 604 g/mol. The molecule has 1 aliphatic heterocycles. The van der Waals surface area contributed by atoms with Crippen LogP contribution in [-0.4, -0.2) is 52.5 Å². The molecule has 2 aliphatic carbocycles. The van der Waals surface area contributed by atoms with Crippen molar-refractivity contribution in [2.45, 2.75) is 90.1 Å². The molecule has 12 nitrogen and oxygen atoms in total. The zero-order valence-corrected chi connectivity index (χ0v) is 26.6. The Morgan fingerprint density at radius 2 is 1.51 bits per heavy atom. The van der Waals surface area contributed by atoms with Gasteiger partial charge in [0.15, 0.2) is 0 Å². The van der Waals surface area contributed by atoms with Crippen LogP contribution in [0.3, 0.4) is 0 Å². The molecule has 1 aromatic heterocycles. The second kappa shape index (κ2) is 15.9. The summed E-state index contributed by atoms with van der Waals surface area (Å²) >= 11 is 0. The number of nitriles is 1. The van der Waals surface area contributed by atoms with Gasteiger partial charge in [-0.1, -0.05) is 56.8 Å². The van der Waals surface area contributed by atoms with Crippen LogP contribution in [0.1, 0.15) is 100 Å². The number of hydrogen-bond acceptors (Lipinski definition) is 9. The first-order valence-electron chi connectivity index (χ1n) is 16.0. The number of carbonyl (C=O) groups excluding carboxylic acids is 4. The largest absolute Gasteiger partial charge is 0.869 e. The van der Waals surface area contributed by atoms with Crippen molar-refractivity contribution in [1.29, 1.82) is 5.26 Å². The van der Waals surface area contributed by atoms with E-state index in [0.29, 0.717) is 25.7 Å². The van der Waals surface area contributed by atoms with Gasteiger partial charge in [0.1, 0.15) is 11.6 Å². The van der Waals surface area contributed by atoms with Crippen LogP contribution in [-0.2, 0) is 23.9 Å². The van der Waals surface area contributed by atoms with E-state index in [9.17, 15) is 34.3 Å². The summed E-state index contributed by atoms with van der Waals surface area (Å²) in [5.74, 6) is -4.31. The van der Waals surface area contributed by atoms with Gasteiger partial charge in [-0.2, -0.15) is 5.26 Å². The second-order valence-electron chi connectivity index (χ2n) is 11.4. The van der Waals surface area contributed by atoms with Gasteiger partial charge in [-0.25, -0.2) is 14.4 Å². The van der Waals surface area contributed by atoms with E-state index < -0.39 is 69.7 Å². The van der Waals surface area contributed by atoms with E-state index >= 15 is 0 Å². The minimum atomic E-state index is -0.976. The van der Waals surface area contributed by atoms with Gasteiger partial charge in [-0.05, 0) is 57.6 Å². The molecule has 2 saturated carbocycles. The number of nitrogens with zero attached hydrogens (tertiary/aromatic N) is 4. The summed E-state index contributed by atoms with van der Waals surface area (Å²) in [5, 5.41) is 23.2. The van der Waals surface area contributed by atoms with Crippen LogP contribution in [0, 0.1) is 17.9 Å². The topological polar surface area (TPSA) is 163 Å². The summed E-state index contributed by atoms with van der Waals surface area (Å²) in [6, 6.07) is 0.986. The summed E-state index contributed by atoms with van der Waals surface area (Å²) in [7, 11) is 0. The SMILES string of the molecule is [C-]#[N+]c1c(C(=O)OCC)c(/C=C/C=C/C=C2\C(=O)N(C3CCCCC3)C(=O)C(C#N)=C2C(=O)OCC)c(=O)n(C2CCCCC2)c1[O-]. The van der Waals surface area contributed by atoms with E-state index in [1.807, 2.05) is 0 Å². The van der Waals surface area contributed by atoms with Crippen molar-refractivity contribution in [3.63, 3.8) is 0 Å². The van der Waals surface area contributed by atoms with E-state index in [1.54, 1.807) is 19.9 Å². The second-order valence-corrected chi connectivity index (χ2v) is 11.4. The first-order valence-corrected chi connectivity index (χ1v) is 16.0. The number of amides is 2. The van der Waals surface area contributed by atoms with Gasteiger partial charge < -0.3 is 19.1 Å². The normalized spacial score (nSPS) is 19.0. The van der Waals surface area contributed by atoms with Crippen molar-refractivity contribution in [3.8, 4) is 11.9 Å². The van der Waals surface area contributed by atoms with Gasteiger partial charge in [0.05, 0.1) is 36.5 Å². The molecule has 0 spiro atoms. The lowest BCUT2D eigenvalue weighted by Crippen LogP contribution is -2.50. The first-order chi connectivity index (χ1) is 22.7. The summed E-state index contributed by atoms with van der Waals surface area (Å²) in [5.41, 5.74) is -2.88. The van der Waals surface area contributed by atoms with E-state index in [2.05, 4.69) is 4.85 Å². The molecule has 0 aromatic carbocycles. The van der Waals surface area contributed by atoms with E-state index in [1.165, 1.54) is 30.4 Å². The van der Waals surface area contributed by atoms with E-state index in [-0.39, 0.29) is 24.4 Å². The summed E-state index contributed by atoms with van der Waals surface area (Å²) in [4.78, 5) is 70.9. The summed E-state index contributed by atoms with van der Waals surface area (Å²) in [6.45, 7) is 10.7. The summed E-state index contributed by atoms with van der Waals surface area (Å²) in [6.07, 6.45) is 14.4. The van der Waals surface area contributed by atoms with Crippen LogP contribution in [0.25, 0.3) is 10.9 Å². The lowest BCUT2D eigenvalue weighted by atomic mass is 9.88. The number of imide groups is 1. The summed E-state index contributed by atoms with van der Waals surface area (Å²) < 4.78 is 11.2. The van der Waals surface area contributed by atoms with Gasteiger partial charge in [0.2, 0.25) is 5.69 Å². The fraction of sp³-hybridized carbons (Fsp3) is 0.457. The molecule has 2 fully saturated rings. The zero-order chi connectivity index (χ0) is 34.1. The number of allylic oxidation sites excluding steroid dienone is 4. The Morgan fingerprint density at radius 1 is 0.915 bits per heavy atom. The Kier molecular flexibility index (Phi) is 11.7. The Morgan fingerprint density at radius 3 is 2.09 bits per heavy atom. The molecule has 0 saturated heterocycles. The monoisotopic (exact) mass is 641 g/mol. The maximum absolute atomic E-state index is 13.7. The highest BCUT2D eigenvalue weighted by Crippen LogP contribution is 2.37. The van der Waals surface area contributed by atoms with Crippen LogP contribution >= 0.6 is 0 Å².